The van der Waals surface area contributed by atoms with Crippen molar-refractivity contribution in [3.05, 3.63) is 102 Å². The maximum Gasteiger partial charge on any atom is 0.268 e. The fourth-order valence-electron chi connectivity index (χ4n) is 4.20. The van der Waals surface area contributed by atoms with Crippen molar-refractivity contribution < 1.29 is 9.53 Å². The molecule has 5 heteroatoms. The van der Waals surface area contributed by atoms with Gasteiger partial charge in [-0.15, -0.1) is 0 Å². The molecule has 2 atom stereocenters. The molecule has 0 spiro atoms. The van der Waals surface area contributed by atoms with Crippen LogP contribution < -0.4 is 5.73 Å². The van der Waals surface area contributed by atoms with E-state index in [9.17, 15) is 4.79 Å². The lowest BCUT2D eigenvalue weighted by Crippen LogP contribution is -2.24. The zero-order valence-corrected chi connectivity index (χ0v) is 18.4. The molecular formula is C27H29N3O2. The molecule has 3 aromatic carbocycles. The Hall–Kier alpha value is -3.44. The van der Waals surface area contributed by atoms with Crippen molar-refractivity contribution in [3.8, 4) is 0 Å². The van der Waals surface area contributed by atoms with Crippen LogP contribution in [0.1, 0.15) is 47.4 Å². The standard InChI is InChI=1S/C27H29N3O2/c1-20(32-18-21-9-3-2-4-10-21)26(30-17-25(27(28)31)29-19-30)16-8-14-23-13-7-12-22-11-5-6-15-24(22)23/h2-7,9-13,15,17,19-20,26H,8,14,16,18H2,1H3,(H2,28,31). The number of amides is 1. The van der Waals surface area contributed by atoms with Crippen molar-refractivity contribution in [2.24, 2.45) is 5.73 Å². The second-order valence-corrected chi connectivity index (χ2v) is 8.17. The molecule has 1 amide bonds. The number of rotatable bonds is 10. The van der Waals surface area contributed by atoms with Gasteiger partial charge in [0, 0.05) is 6.20 Å². The summed E-state index contributed by atoms with van der Waals surface area (Å²) < 4.78 is 8.19. The minimum Gasteiger partial charge on any atom is -0.372 e. The topological polar surface area (TPSA) is 70.1 Å². The SMILES string of the molecule is CC(OCc1ccccc1)C(CCCc1cccc2ccccc12)n1cnc(C(N)=O)c1. The van der Waals surface area contributed by atoms with Crippen molar-refractivity contribution in [1.82, 2.24) is 9.55 Å². The normalized spacial score (nSPS) is 13.2. The fourth-order valence-corrected chi connectivity index (χ4v) is 4.20. The van der Waals surface area contributed by atoms with E-state index in [-0.39, 0.29) is 17.8 Å². The molecule has 0 saturated carbocycles. The highest BCUT2D eigenvalue weighted by molar-refractivity contribution is 5.90. The molecule has 4 rings (SSSR count). The Morgan fingerprint density at radius 3 is 2.56 bits per heavy atom. The predicted molar refractivity (Wildman–Crippen MR) is 127 cm³/mol. The van der Waals surface area contributed by atoms with Gasteiger partial charge in [-0.1, -0.05) is 72.8 Å². The second kappa shape index (κ2) is 10.2. The van der Waals surface area contributed by atoms with Crippen LogP contribution in [0.25, 0.3) is 10.8 Å². The largest absolute Gasteiger partial charge is 0.372 e. The summed E-state index contributed by atoms with van der Waals surface area (Å²) in [6.07, 6.45) is 6.21. The summed E-state index contributed by atoms with van der Waals surface area (Å²) in [5.74, 6) is -0.517. The van der Waals surface area contributed by atoms with Gasteiger partial charge in [0.1, 0.15) is 5.69 Å². The van der Waals surface area contributed by atoms with Gasteiger partial charge in [-0.05, 0) is 48.1 Å². The number of hydrogen-bond acceptors (Lipinski definition) is 3. The third-order valence-corrected chi connectivity index (χ3v) is 5.96. The summed E-state index contributed by atoms with van der Waals surface area (Å²) in [5, 5.41) is 2.57. The van der Waals surface area contributed by atoms with Gasteiger partial charge in [-0.2, -0.15) is 0 Å². The Morgan fingerprint density at radius 2 is 1.78 bits per heavy atom. The first-order chi connectivity index (χ1) is 15.6. The zero-order valence-electron chi connectivity index (χ0n) is 18.4. The molecule has 32 heavy (non-hydrogen) atoms. The van der Waals surface area contributed by atoms with E-state index in [1.165, 1.54) is 16.3 Å². The predicted octanol–water partition coefficient (Wildman–Crippen LogP) is 5.30. The number of carbonyl (C=O) groups excluding carboxylic acids is 1. The van der Waals surface area contributed by atoms with E-state index in [2.05, 4.69) is 66.5 Å². The Bertz CT molecular complexity index is 1160. The minimum atomic E-state index is -0.517. The van der Waals surface area contributed by atoms with Crippen LogP contribution in [0.3, 0.4) is 0 Å². The minimum absolute atomic E-state index is 0.0503. The van der Waals surface area contributed by atoms with Crippen molar-refractivity contribution in [2.75, 3.05) is 0 Å². The molecule has 1 aromatic heterocycles. The van der Waals surface area contributed by atoms with Gasteiger partial charge in [0.25, 0.3) is 5.91 Å². The molecular weight excluding hydrogens is 398 g/mol. The highest BCUT2D eigenvalue weighted by Gasteiger charge is 2.21. The summed E-state index contributed by atoms with van der Waals surface area (Å²) in [6.45, 7) is 2.62. The first kappa shape index (κ1) is 21.8. The van der Waals surface area contributed by atoms with Gasteiger partial charge in [0.15, 0.2) is 0 Å². The number of primary amides is 1. The Balaban J connectivity index is 1.47. The third-order valence-electron chi connectivity index (χ3n) is 5.96. The average Bonchev–Trinajstić information content (AvgIpc) is 3.31. The first-order valence-corrected chi connectivity index (χ1v) is 11.1. The number of aryl methyl sites for hydroxylation is 1. The quantitative estimate of drug-likeness (QED) is 0.373. The Labute approximate surface area is 188 Å². The molecule has 0 aliphatic heterocycles. The summed E-state index contributed by atoms with van der Waals surface area (Å²) >= 11 is 0. The van der Waals surface area contributed by atoms with E-state index in [1.54, 1.807) is 12.5 Å². The van der Waals surface area contributed by atoms with Crippen LogP contribution in [0.15, 0.2) is 85.3 Å². The van der Waals surface area contributed by atoms with Crippen molar-refractivity contribution >= 4 is 16.7 Å². The van der Waals surface area contributed by atoms with Crippen molar-refractivity contribution in [3.63, 3.8) is 0 Å². The smallest absolute Gasteiger partial charge is 0.268 e. The van der Waals surface area contributed by atoms with Gasteiger partial charge in [-0.3, -0.25) is 4.79 Å². The fraction of sp³-hybridized carbons (Fsp3) is 0.259. The van der Waals surface area contributed by atoms with E-state index < -0.39 is 5.91 Å². The number of aromatic nitrogens is 2. The summed E-state index contributed by atoms with van der Waals surface area (Å²) in [5.41, 5.74) is 8.18. The average molecular weight is 428 g/mol. The van der Waals surface area contributed by atoms with Crippen LogP contribution in [-0.2, 0) is 17.8 Å². The molecule has 2 unspecified atom stereocenters. The molecule has 0 bridgehead atoms. The van der Waals surface area contributed by atoms with E-state index in [4.69, 9.17) is 10.5 Å². The number of benzene rings is 3. The van der Waals surface area contributed by atoms with Crippen LogP contribution >= 0.6 is 0 Å². The molecule has 0 saturated heterocycles. The number of imidazole rings is 1. The monoisotopic (exact) mass is 427 g/mol. The number of ether oxygens (including phenoxy) is 1. The maximum absolute atomic E-state index is 11.6. The second-order valence-electron chi connectivity index (χ2n) is 8.17. The van der Waals surface area contributed by atoms with E-state index in [0.717, 1.165) is 24.8 Å². The molecule has 164 valence electrons. The molecule has 2 N–H and O–H groups in total. The van der Waals surface area contributed by atoms with Crippen LogP contribution in [0.2, 0.25) is 0 Å². The van der Waals surface area contributed by atoms with Crippen LogP contribution in [0, 0.1) is 0 Å². The lowest BCUT2D eigenvalue weighted by molar-refractivity contribution is 0.0142. The highest BCUT2D eigenvalue weighted by Crippen LogP contribution is 2.26. The van der Waals surface area contributed by atoms with Crippen LogP contribution in [-0.4, -0.2) is 21.6 Å². The number of hydrogen-bond donors (Lipinski definition) is 1. The highest BCUT2D eigenvalue weighted by atomic mass is 16.5. The van der Waals surface area contributed by atoms with Crippen molar-refractivity contribution in [2.45, 2.75) is 44.9 Å². The van der Waals surface area contributed by atoms with Gasteiger partial charge < -0.3 is 15.0 Å². The summed E-state index contributed by atoms with van der Waals surface area (Å²) in [7, 11) is 0. The summed E-state index contributed by atoms with van der Waals surface area (Å²) in [4.78, 5) is 15.7. The van der Waals surface area contributed by atoms with Crippen LogP contribution in [0.4, 0.5) is 0 Å². The molecule has 4 aromatic rings. The number of carbonyl (C=O) groups is 1. The van der Waals surface area contributed by atoms with Gasteiger partial charge in [0.2, 0.25) is 0 Å². The summed E-state index contributed by atoms with van der Waals surface area (Å²) in [6, 6.07) is 25.2. The number of nitrogens with two attached hydrogens (primary N) is 1. The van der Waals surface area contributed by atoms with E-state index >= 15 is 0 Å². The number of nitrogens with zero attached hydrogens (tertiary/aromatic N) is 2. The number of fused-ring (bicyclic) bond motifs is 1. The molecule has 1 heterocycles. The van der Waals surface area contributed by atoms with Crippen LogP contribution in [0.5, 0.6) is 0 Å². The van der Waals surface area contributed by atoms with Gasteiger partial charge >= 0.3 is 0 Å². The molecule has 0 aliphatic carbocycles. The van der Waals surface area contributed by atoms with E-state index in [0.29, 0.717) is 6.61 Å². The third kappa shape index (κ3) is 5.24. The lowest BCUT2D eigenvalue weighted by atomic mass is 9.97. The van der Waals surface area contributed by atoms with Gasteiger partial charge in [0.05, 0.1) is 25.1 Å². The lowest BCUT2D eigenvalue weighted by Gasteiger charge is -2.26. The molecule has 0 radical (unpaired) electrons. The molecule has 5 nitrogen and oxygen atoms in total. The molecule has 0 aliphatic rings. The molecule has 0 fully saturated rings. The van der Waals surface area contributed by atoms with Crippen molar-refractivity contribution in [1.29, 1.82) is 0 Å². The first-order valence-electron chi connectivity index (χ1n) is 11.1. The Morgan fingerprint density at radius 1 is 1.03 bits per heavy atom. The maximum atomic E-state index is 11.6. The van der Waals surface area contributed by atoms with Gasteiger partial charge in [-0.25, -0.2) is 4.98 Å². The van der Waals surface area contributed by atoms with E-state index in [1.807, 2.05) is 22.8 Å². The zero-order chi connectivity index (χ0) is 22.3. The Kier molecular flexibility index (Phi) is 6.97.